The smallest absolute Gasteiger partial charge is 0.351 e. The maximum atomic E-state index is 12.4. The lowest BCUT2D eigenvalue weighted by atomic mass is 10.0. The third-order valence-electron chi connectivity index (χ3n) is 4.52. The lowest BCUT2D eigenvalue weighted by Crippen LogP contribution is -2.49. The fraction of sp³-hybridized carbons (Fsp3) is 0.611. The molecule has 1 aromatic heterocycles. The summed E-state index contributed by atoms with van der Waals surface area (Å²) in [5.41, 5.74) is 11.7. The number of carbonyl (C=O) groups is 3. The van der Waals surface area contributed by atoms with E-state index in [4.69, 9.17) is 24.7 Å². The van der Waals surface area contributed by atoms with Gasteiger partial charge in [-0.25, -0.2) is 4.79 Å². The minimum Gasteiger partial charge on any atom is -0.462 e. The Kier molecular flexibility index (Phi) is 8.15. The third-order valence-corrected chi connectivity index (χ3v) is 4.52. The van der Waals surface area contributed by atoms with Crippen molar-refractivity contribution in [3.8, 4) is 0 Å². The molecular weight excluding hydrogens is 428 g/mol. The quantitative estimate of drug-likeness (QED) is 0.185. The van der Waals surface area contributed by atoms with Gasteiger partial charge in [0.2, 0.25) is 5.72 Å². The van der Waals surface area contributed by atoms with Crippen LogP contribution in [0.25, 0.3) is 10.4 Å². The SMILES string of the molecule is CCC(=O)OC[C@@]1(N=[N+]=[N-])O[C@@H](n2ccc(N)nc2=O)[C@H](OC(=O)CC)[C@@H]1OC(=O)CC. The van der Waals surface area contributed by atoms with Crippen LogP contribution < -0.4 is 11.4 Å². The molecule has 0 bridgehead atoms. The summed E-state index contributed by atoms with van der Waals surface area (Å²) in [5.74, 6) is -2.17. The van der Waals surface area contributed by atoms with Gasteiger partial charge in [0.05, 0.1) is 0 Å². The molecule has 0 unspecified atom stereocenters. The highest BCUT2D eigenvalue weighted by Gasteiger charge is 2.61. The molecule has 14 heteroatoms. The van der Waals surface area contributed by atoms with E-state index in [2.05, 4.69) is 15.0 Å². The van der Waals surface area contributed by atoms with Gasteiger partial charge in [0.1, 0.15) is 12.4 Å². The predicted molar refractivity (Wildman–Crippen MR) is 107 cm³/mol. The fourth-order valence-electron chi connectivity index (χ4n) is 2.91. The number of ether oxygens (including phenoxy) is 4. The second-order valence-corrected chi connectivity index (χ2v) is 6.67. The Morgan fingerprint density at radius 3 is 2.41 bits per heavy atom. The number of nitrogen functional groups attached to an aromatic ring is 1. The third kappa shape index (κ3) is 5.34. The monoisotopic (exact) mass is 452 g/mol. The molecule has 2 rings (SSSR count). The zero-order chi connectivity index (χ0) is 23.9. The van der Waals surface area contributed by atoms with Crippen LogP contribution in [0.3, 0.4) is 0 Å². The van der Waals surface area contributed by atoms with Crippen LogP contribution in [0.15, 0.2) is 22.2 Å². The van der Waals surface area contributed by atoms with Crippen molar-refractivity contribution in [3.63, 3.8) is 0 Å². The zero-order valence-corrected chi connectivity index (χ0v) is 17.8. The highest BCUT2D eigenvalue weighted by atomic mass is 16.7. The van der Waals surface area contributed by atoms with E-state index >= 15 is 0 Å². The summed E-state index contributed by atoms with van der Waals surface area (Å²) in [4.78, 5) is 54.8. The first-order valence-electron chi connectivity index (χ1n) is 9.84. The van der Waals surface area contributed by atoms with Gasteiger partial charge in [-0.1, -0.05) is 25.9 Å². The van der Waals surface area contributed by atoms with E-state index < -0.39 is 54.4 Å². The first kappa shape index (κ1) is 24.6. The molecule has 2 heterocycles. The summed E-state index contributed by atoms with van der Waals surface area (Å²) < 4.78 is 22.7. The number of nitrogens with two attached hydrogens (primary N) is 1. The van der Waals surface area contributed by atoms with Gasteiger partial charge in [-0.2, -0.15) is 4.98 Å². The molecule has 2 N–H and O–H groups in total. The van der Waals surface area contributed by atoms with Crippen LogP contribution in [-0.4, -0.2) is 52.0 Å². The molecule has 174 valence electrons. The van der Waals surface area contributed by atoms with Crippen LogP contribution in [0.2, 0.25) is 0 Å². The molecular formula is C18H24N6O8. The summed E-state index contributed by atoms with van der Waals surface area (Å²) in [7, 11) is 0. The Morgan fingerprint density at radius 2 is 1.84 bits per heavy atom. The molecule has 14 nitrogen and oxygen atoms in total. The molecule has 4 atom stereocenters. The van der Waals surface area contributed by atoms with Crippen LogP contribution >= 0.6 is 0 Å². The normalized spacial score (nSPS) is 24.3. The van der Waals surface area contributed by atoms with E-state index in [1.807, 2.05) is 0 Å². The van der Waals surface area contributed by atoms with Crippen molar-refractivity contribution < 1.29 is 33.3 Å². The summed E-state index contributed by atoms with van der Waals surface area (Å²) in [6.45, 7) is 3.92. The minimum absolute atomic E-state index is 0.00474. The Hall–Kier alpha value is -3.64. The number of anilines is 1. The molecule has 32 heavy (non-hydrogen) atoms. The standard InChI is InChI=1S/C18H24N6O8/c1-4-11(25)29-9-18(22-23-20)15(31-13(27)6-3)14(30-12(26)5-2)16(32-18)24-8-7-10(19)21-17(24)28/h7-8,14-16H,4-6,9H2,1-3H3,(H2,19,21,28)/t14-,15+,16-,18-/m1/s1. The van der Waals surface area contributed by atoms with Gasteiger partial charge in [0.25, 0.3) is 0 Å². The van der Waals surface area contributed by atoms with Crippen molar-refractivity contribution in [2.24, 2.45) is 5.11 Å². The first-order valence-corrected chi connectivity index (χ1v) is 9.84. The van der Waals surface area contributed by atoms with Gasteiger partial charge in [0, 0.05) is 30.4 Å². The number of carbonyl (C=O) groups excluding carboxylic acids is 3. The Labute approximate surface area is 182 Å². The lowest BCUT2D eigenvalue weighted by Gasteiger charge is -2.29. The van der Waals surface area contributed by atoms with Gasteiger partial charge in [-0.05, 0) is 11.6 Å². The summed E-state index contributed by atoms with van der Waals surface area (Å²) in [6.07, 6.45) is -3.30. The minimum atomic E-state index is -2.13. The Bertz CT molecular complexity index is 974. The number of nitrogens with zero attached hydrogens (tertiary/aromatic N) is 5. The van der Waals surface area contributed by atoms with Crippen LogP contribution in [-0.2, 0) is 33.3 Å². The molecule has 0 saturated carbocycles. The van der Waals surface area contributed by atoms with Crippen LogP contribution in [0.1, 0.15) is 46.3 Å². The second-order valence-electron chi connectivity index (χ2n) is 6.67. The van der Waals surface area contributed by atoms with E-state index in [1.165, 1.54) is 26.1 Å². The van der Waals surface area contributed by atoms with E-state index in [0.29, 0.717) is 0 Å². The van der Waals surface area contributed by atoms with Crippen molar-refractivity contribution in [2.75, 3.05) is 12.3 Å². The van der Waals surface area contributed by atoms with Gasteiger partial charge in [-0.15, -0.1) is 0 Å². The van der Waals surface area contributed by atoms with Crippen molar-refractivity contribution >= 4 is 23.7 Å². The number of rotatable bonds is 9. The number of hydrogen-bond acceptors (Lipinski definition) is 11. The van der Waals surface area contributed by atoms with Crippen molar-refractivity contribution in [3.05, 3.63) is 33.2 Å². The highest BCUT2D eigenvalue weighted by molar-refractivity contribution is 5.71. The van der Waals surface area contributed by atoms with Crippen LogP contribution in [0.5, 0.6) is 0 Å². The van der Waals surface area contributed by atoms with E-state index in [1.54, 1.807) is 6.92 Å². The van der Waals surface area contributed by atoms with Gasteiger partial charge >= 0.3 is 23.6 Å². The van der Waals surface area contributed by atoms with Crippen molar-refractivity contribution in [2.45, 2.75) is 64.2 Å². The molecule has 0 radical (unpaired) electrons. The molecule has 1 fully saturated rings. The van der Waals surface area contributed by atoms with Crippen molar-refractivity contribution in [1.82, 2.24) is 9.55 Å². The van der Waals surface area contributed by atoms with Gasteiger partial charge in [-0.3, -0.25) is 19.0 Å². The van der Waals surface area contributed by atoms with Crippen LogP contribution in [0, 0.1) is 0 Å². The van der Waals surface area contributed by atoms with Crippen molar-refractivity contribution in [1.29, 1.82) is 0 Å². The summed E-state index contributed by atoms with van der Waals surface area (Å²) >= 11 is 0. The number of hydrogen-bond donors (Lipinski definition) is 1. The Balaban J connectivity index is 2.64. The van der Waals surface area contributed by atoms with Gasteiger partial charge < -0.3 is 24.7 Å². The molecule has 1 aliphatic rings. The molecule has 0 spiro atoms. The van der Waals surface area contributed by atoms with E-state index in [-0.39, 0.29) is 25.1 Å². The van der Waals surface area contributed by atoms with Crippen LogP contribution in [0.4, 0.5) is 5.82 Å². The molecule has 1 saturated heterocycles. The topological polar surface area (TPSA) is 198 Å². The number of esters is 3. The summed E-state index contributed by atoms with van der Waals surface area (Å²) in [5, 5.41) is 3.59. The predicted octanol–water partition coefficient (Wildman–Crippen LogP) is 0.958. The highest BCUT2D eigenvalue weighted by Crippen LogP contribution is 2.42. The zero-order valence-electron chi connectivity index (χ0n) is 17.8. The van der Waals surface area contributed by atoms with Gasteiger partial charge in [0.15, 0.2) is 18.4 Å². The largest absolute Gasteiger partial charge is 0.462 e. The first-order chi connectivity index (χ1) is 15.2. The average molecular weight is 452 g/mol. The molecule has 1 aliphatic heterocycles. The maximum Gasteiger partial charge on any atom is 0.351 e. The average Bonchev–Trinajstić information content (AvgIpc) is 3.05. The lowest BCUT2D eigenvalue weighted by molar-refractivity contribution is -0.179. The molecule has 0 amide bonds. The second kappa shape index (κ2) is 10.6. The number of azide groups is 1. The van der Waals surface area contributed by atoms with E-state index in [9.17, 15) is 24.7 Å². The number of aromatic nitrogens is 2. The fourth-order valence-corrected chi connectivity index (χ4v) is 2.91. The molecule has 0 aromatic carbocycles. The Morgan fingerprint density at radius 1 is 1.22 bits per heavy atom. The van der Waals surface area contributed by atoms with E-state index in [0.717, 1.165) is 4.57 Å². The summed E-state index contributed by atoms with van der Waals surface area (Å²) in [6, 6.07) is 1.29. The maximum absolute atomic E-state index is 12.4. The molecule has 0 aliphatic carbocycles. The molecule has 1 aromatic rings.